The molecule has 1 aromatic rings. The summed E-state index contributed by atoms with van der Waals surface area (Å²) in [5, 5.41) is 29.0. The molecule has 4 N–H and O–H groups in total. The van der Waals surface area contributed by atoms with E-state index in [2.05, 4.69) is 10.6 Å². The maximum atomic E-state index is 15.6. The Morgan fingerprint density at radius 3 is 2.15 bits per heavy atom. The fraction of sp³-hybridized carbons (Fsp3) is 0.651. The van der Waals surface area contributed by atoms with E-state index >= 15 is 4.79 Å². The molecule has 12 atom stereocenters. The summed E-state index contributed by atoms with van der Waals surface area (Å²) in [5.74, 6) is -6.99. The highest BCUT2D eigenvalue weighted by molar-refractivity contribution is 5.96. The molecule has 3 aliphatic carbocycles. The van der Waals surface area contributed by atoms with Gasteiger partial charge in [0, 0.05) is 25.7 Å². The summed E-state index contributed by atoms with van der Waals surface area (Å²) in [4.78, 5) is 97.2. The Labute approximate surface area is 353 Å². The molecule has 334 valence electrons. The highest BCUT2D eigenvalue weighted by atomic mass is 16.6. The first-order valence-corrected chi connectivity index (χ1v) is 20.3. The first kappa shape index (κ1) is 45.5. The number of carbonyl (C=O) groups is 7. The van der Waals surface area contributed by atoms with Crippen LogP contribution in [-0.2, 0) is 52.3 Å². The van der Waals surface area contributed by atoms with Crippen LogP contribution in [-0.4, -0.2) is 124 Å². The van der Waals surface area contributed by atoms with Crippen molar-refractivity contribution in [2.45, 2.75) is 148 Å². The van der Waals surface area contributed by atoms with Crippen molar-refractivity contribution in [3.8, 4) is 0 Å². The van der Waals surface area contributed by atoms with E-state index in [9.17, 15) is 39.0 Å². The predicted octanol–water partition coefficient (Wildman–Crippen LogP) is 2.84. The van der Waals surface area contributed by atoms with Crippen LogP contribution in [0.4, 0.5) is 9.59 Å². The van der Waals surface area contributed by atoms with E-state index in [1.165, 1.54) is 26.0 Å². The third-order valence-electron chi connectivity index (χ3n) is 13.0. The highest BCUT2D eigenvalue weighted by Gasteiger charge is 2.82. The topological polar surface area (TPSA) is 249 Å². The van der Waals surface area contributed by atoms with Crippen LogP contribution in [0.5, 0.6) is 0 Å². The van der Waals surface area contributed by atoms with Crippen molar-refractivity contribution in [2.75, 3.05) is 6.61 Å². The number of fused-ring (bicyclic) bond motifs is 4. The Morgan fingerprint density at radius 1 is 0.967 bits per heavy atom. The molecule has 2 saturated heterocycles. The summed E-state index contributed by atoms with van der Waals surface area (Å²) in [6.07, 6.45) is -12.3. The zero-order chi connectivity index (χ0) is 45.4. The molecule has 61 heavy (non-hydrogen) atoms. The number of ketones is 1. The third-order valence-corrected chi connectivity index (χ3v) is 13.0. The number of benzene rings is 1. The standard InChI is InChI=1S/C43H56N2O16/c1-19(2)27(44-37(53)60-39(6,7)8)28(49)36(52)57-29-20(3)26-30(56-21(4)46)33(50)41(11)24(48)17-25-42(18-55-25,59-22(5)47)31(41)34(58-35(51)23-15-13-12-14-16-23)43(40(26,9)10)32(29)45-38(54)61-43/h12-16,19,24-25,27-32,34,48-49H,17-18H2,1-11H3,(H,44,53)(H,45,54)/t24-,25+,27-,28+,29+,30+,31-,32-,34-,41+,42-,43+/m0/s1. The fourth-order valence-corrected chi connectivity index (χ4v) is 10.3. The number of alkyl carbamates (subject to hydrolysis) is 2. The minimum absolute atomic E-state index is 0.0128. The summed E-state index contributed by atoms with van der Waals surface area (Å²) in [5.41, 5.74) is -8.64. The van der Waals surface area contributed by atoms with E-state index in [0.717, 1.165) is 13.8 Å². The summed E-state index contributed by atoms with van der Waals surface area (Å²) in [6.45, 7) is 16.1. The van der Waals surface area contributed by atoms with Gasteiger partial charge < -0.3 is 54.0 Å². The number of hydrogen-bond donors (Lipinski definition) is 4. The molecular formula is C43H56N2O16. The maximum Gasteiger partial charge on any atom is 0.408 e. The van der Waals surface area contributed by atoms with Crippen molar-refractivity contribution < 1.29 is 76.9 Å². The van der Waals surface area contributed by atoms with Gasteiger partial charge in [-0.25, -0.2) is 19.2 Å². The second-order valence-corrected chi connectivity index (χ2v) is 18.7. The van der Waals surface area contributed by atoms with Crippen molar-refractivity contribution in [3.05, 3.63) is 47.0 Å². The molecule has 18 nitrogen and oxygen atoms in total. The Balaban J connectivity index is 1.62. The van der Waals surface area contributed by atoms with Crippen LogP contribution in [0, 0.1) is 22.7 Å². The SMILES string of the molecule is CC(=O)O[C@H]1C(=O)[C@@]2(C)[C@H]([C@H](OC(=O)c3ccccc3)[C@]34OC(=O)N[C@H]3[C@H](OC(=O)[C@H](O)[C@@H](NC(=O)OC(C)(C)C)C(C)C)C(C)=C1C4(C)C)[C@]1(OC(C)=O)CO[C@@H]1C[C@@H]2O. The molecule has 2 bridgehead atoms. The summed E-state index contributed by atoms with van der Waals surface area (Å²) in [6, 6.07) is 5.01. The number of Topliss-reactive ketones (excluding diaryl/α,β-unsaturated/α-hetero) is 1. The number of rotatable bonds is 9. The van der Waals surface area contributed by atoms with Gasteiger partial charge in [-0.1, -0.05) is 45.9 Å². The van der Waals surface area contributed by atoms with Crippen LogP contribution >= 0.6 is 0 Å². The van der Waals surface area contributed by atoms with E-state index in [4.69, 9.17) is 33.2 Å². The monoisotopic (exact) mass is 856 g/mol. The largest absolute Gasteiger partial charge is 0.454 e. The molecule has 2 amide bonds. The molecule has 18 heteroatoms. The van der Waals surface area contributed by atoms with Gasteiger partial charge in [-0.3, -0.25) is 14.4 Å². The van der Waals surface area contributed by atoms with Crippen molar-refractivity contribution in [1.82, 2.24) is 10.6 Å². The zero-order valence-corrected chi connectivity index (χ0v) is 36.2. The van der Waals surface area contributed by atoms with Gasteiger partial charge in [0.2, 0.25) is 0 Å². The molecule has 6 rings (SSSR count). The van der Waals surface area contributed by atoms with Crippen molar-refractivity contribution in [1.29, 1.82) is 0 Å². The molecule has 1 aromatic carbocycles. The minimum atomic E-state index is -2.25. The van der Waals surface area contributed by atoms with E-state index in [-0.39, 0.29) is 29.7 Å². The molecule has 0 radical (unpaired) electrons. The number of aliphatic hydroxyl groups excluding tert-OH is 2. The number of nitrogens with one attached hydrogen (secondary N) is 2. The van der Waals surface area contributed by atoms with Crippen molar-refractivity contribution >= 4 is 41.8 Å². The normalized spacial score (nSPS) is 34.6. The zero-order valence-electron chi connectivity index (χ0n) is 36.2. The lowest BCUT2D eigenvalue weighted by Gasteiger charge is -2.67. The van der Waals surface area contributed by atoms with Gasteiger partial charge in [-0.15, -0.1) is 0 Å². The average Bonchev–Trinajstić information content (AvgIpc) is 3.51. The van der Waals surface area contributed by atoms with E-state index in [1.54, 1.807) is 66.7 Å². The van der Waals surface area contributed by atoms with Crippen molar-refractivity contribution in [2.24, 2.45) is 22.7 Å². The van der Waals surface area contributed by atoms with Crippen LogP contribution in [0.3, 0.4) is 0 Å². The Kier molecular flexibility index (Phi) is 11.7. The number of aliphatic hydroxyl groups is 2. The number of ether oxygens (including phenoxy) is 7. The minimum Gasteiger partial charge on any atom is -0.454 e. The first-order chi connectivity index (χ1) is 28.2. The van der Waals surface area contributed by atoms with Crippen LogP contribution in [0.1, 0.15) is 92.9 Å². The van der Waals surface area contributed by atoms with Gasteiger partial charge in [-0.2, -0.15) is 0 Å². The third kappa shape index (κ3) is 7.33. The molecule has 0 aromatic heterocycles. The average molecular weight is 857 g/mol. The lowest BCUT2D eigenvalue weighted by Crippen LogP contribution is -2.83. The molecule has 2 heterocycles. The van der Waals surface area contributed by atoms with E-state index in [0.29, 0.717) is 0 Å². The number of esters is 4. The highest BCUT2D eigenvalue weighted by Crippen LogP contribution is 2.66. The molecule has 2 saturated carbocycles. The second kappa shape index (κ2) is 15.7. The molecule has 1 spiro atoms. The van der Waals surface area contributed by atoms with Gasteiger partial charge in [0.25, 0.3) is 0 Å². The van der Waals surface area contributed by atoms with Gasteiger partial charge in [0.1, 0.15) is 23.9 Å². The van der Waals surface area contributed by atoms with Crippen molar-refractivity contribution in [3.63, 3.8) is 0 Å². The molecule has 2 aliphatic heterocycles. The first-order valence-electron chi connectivity index (χ1n) is 20.3. The summed E-state index contributed by atoms with van der Waals surface area (Å²) in [7, 11) is 0. The predicted molar refractivity (Wildman–Crippen MR) is 209 cm³/mol. The Hall–Kier alpha value is -5.07. The molecule has 5 aliphatic rings. The molecule has 4 fully saturated rings. The van der Waals surface area contributed by atoms with Crippen LogP contribution in [0.15, 0.2) is 41.5 Å². The Morgan fingerprint density at radius 2 is 1.61 bits per heavy atom. The lowest BCUT2D eigenvalue weighted by atomic mass is 9.44. The second-order valence-electron chi connectivity index (χ2n) is 18.7. The quantitative estimate of drug-likeness (QED) is 0.158. The fourth-order valence-electron chi connectivity index (χ4n) is 10.3. The summed E-state index contributed by atoms with van der Waals surface area (Å²) >= 11 is 0. The smallest absolute Gasteiger partial charge is 0.408 e. The maximum absolute atomic E-state index is 15.6. The number of hydrogen-bond acceptors (Lipinski definition) is 16. The summed E-state index contributed by atoms with van der Waals surface area (Å²) < 4.78 is 42.3. The van der Waals surface area contributed by atoms with Crippen LogP contribution < -0.4 is 10.6 Å². The molecule has 0 unspecified atom stereocenters. The number of carbonyl (C=O) groups excluding carboxylic acids is 7. The van der Waals surface area contributed by atoms with Crippen LogP contribution in [0.2, 0.25) is 0 Å². The molecular weight excluding hydrogens is 800 g/mol. The van der Waals surface area contributed by atoms with Crippen LogP contribution in [0.25, 0.3) is 0 Å². The van der Waals surface area contributed by atoms with Gasteiger partial charge in [-0.05, 0) is 63.8 Å². The lowest BCUT2D eigenvalue weighted by molar-refractivity contribution is -0.344. The van der Waals surface area contributed by atoms with E-state index < -0.39 is 130 Å². The van der Waals surface area contributed by atoms with Gasteiger partial charge in [0.15, 0.2) is 35.3 Å². The van der Waals surface area contributed by atoms with Gasteiger partial charge >= 0.3 is 36.1 Å². The Bertz CT molecular complexity index is 2030. The van der Waals surface area contributed by atoms with E-state index in [1.807, 2.05) is 0 Å². The van der Waals surface area contributed by atoms with Gasteiger partial charge in [0.05, 0.1) is 35.6 Å². The number of amides is 2.